The molecular formula is C14H15NO3. The van der Waals surface area contributed by atoms with Crippen molar-refractivity contribution in [3.63, 3.8) is 0 Å². The minimum absolute atomic E-state index is 0.0848. The first-order valence-electron chi connectivity index (χ1n) is 5.81. The second-order valence-electron chi connectivity index (χ2n) is 4.41. The van der Waals surface area contributed by atoms with E-state index in [4.69, 9.17) is 0 Å². The van der Waals surface area contributed by atoms with Crippen molar-refractivity contribution in [3.05, 3.63) is 47.2 Å². The molecule has 18 heavy (non-hydrogen) atoms. The maximum atomic E-state index is 12.1. The summed E-state index contributed by atoms with van der Waals surface area (Å²) in [5, 5.41) is 9.84. The summed E-state index contributed by atoms with van der Waals surface area (Å²) >= 11 is 0. The second-order valence-corrected chi connectivity index (χ2v) is 4.41. The van der Waals surface area contributed by atoms with Gasteiger partial charge in [-0.05, 0) is 19.4 Å². The van der Waals surface area contributed by atoms with Crippen LogP contribution >= 0.6 is 0 Å². The Balaban J connectivity index is 2.24. The third-order valence-electron chi connectivity index (χ3n) is 3.14. The van der Waals surface area contributed by atoms with Crippen molar-refractivity contribution in [1.82, 2.24) is 4.90 Å². The predicted molar refractivity (Wildman–Crippen MR) is 66.8 cm³/mol. The number of amides is 1. The average Bonchev–Trinajstić information content (AvgIpc) is 2.55. The molecule has 0 saturated heterocycles. The van der Waals surface area contributed by atoms with E-state index in [2.05, 4.69) is 0 Å². The highest BCUT2D eigenvalue weighted by Crippen LogP contribution is 2.26. The van der Waals surface area contributed by atoms with Crippen molar-refractivity contribution in [2.24, 2.45) is 0 Å². The number of aliphatic hydroxyl groups excluding tert-OH is 1. The Morgan fingerprint density at radius 3 is 2.44 bits per heavy atom. The monoisotopic (exact) mass is 245 g/mol. The largest absolute Gasteiger partial charge is 0.509 e. The fraction of sp³-hybridized carbons (Fsp3) is 0.286. The number of rotatable bonds is 3. The molecule has 1 aromatic carbocycles. The van der Waals surface area contributed by atoms with Gasteiger partial charge in [0.1, 0.15) is 11.3 Å². The van der Waals surface area contributed by atoms with E-state index >= 15 is 0 Å². The number of carbonyl (C=O) groups excluding carboxylic acids is 2. The maximum Gasteiger partial charge on any atom is 0.261 e. The van der Waals surface area contributed by atoms with Crippen molar-refractivity contribution in [2.45, 2.75) is 26.4 Å². The number of ketones is 1. The van der Waals surface area contributed by atoms with Crippen molar-refractivity contribution >= 4 is 11.7 Å². The Labute approximate surface area is 106 Å². The van der Waals surface area contributed by atoms with Crippen LogP contribution in [0.4, 0.5) is 0 Å². The summed E-state index contributed by atoms with van der Waals surface area (Å²) < 4.78 is 0. The molecule has 0 radical (unpaired) electrons. The smallest absolute Gasteiger partial charge is 0.261 e. The molecule has 1 atom stereocenters. The number of hydrogen-bond acceptors (Lipinski definition) is 3. The third kappa shape index (κ3) is 2.01. The number of hydrogen-bond donors (Lipinski definition) is 1. The van der Waals surface area contributed by atoms with Crippen molar-refractivity contribution in [1.29, 1.82) is 0 Å². The molecule has 0 fully saturated rings. The number of benzene rings is 1. The van der Waals surface area contributed by atoms with Gasteiger partial charge in [-0.15, -0.1) is 0 Å². The van der Waals surface area contributed by atoms with E-state index in [9.17, 15) is 14.7 Å². The molecule has 1 heterocycles. The van der Waals surface area contributed by atoms with Gasteiger partial charge in [-0.2, -0.15) is 0 Å². The second kappa shape index (κ2) is 4.64. The van der Waals surface area contributed by atoms with Gasteiger partial charge in [0.05, 0.1) is 6.04 Å². The Kier molecular flexibility index (Phi) is 3.19. The number of aliphatic hydroxyl groups is 1. The van der Waals surface area contributed by atoms with E-state index in [-0.39, 0.29) is 17.1 Å². The van der Waals surface area contributed by atoms with Crippen LogP contribution in [0.25, 0.3) is 0 Å². The van der Waals surface area contributed by atoms with Crippen LogP contribution in [-0.2, 0) is 16.1 Å². The number of nitrogens with zero attached hydrogens (tertiary/aromatic N) is 1. The molecule has 1 N–H and O–H groups in total. The summed E-state index contributed by atoms with van der Waals surface area (Å²) in [5.41, 5.74) is 0.883. The van der Waals surface area contributed by atoms with Gasteiger partial charge in [0.2, 0.25) is 0 Å². The highest BCUT2D eigenvalue weighted by molar-refractivity contribution is 6.20. The van der Waals surface area contributed by atoms with Crippen LogP contribution in [0.3, 0.4) is 0 Å². The van der Waals surface area contributed by atoms with Gasteiger partial charge >= 0.3 is 0 Å². The summed E-state index contributed by atoms with van der Waals surface area (Å²) in [4.78, 5) is 24.9. The van der Waals surface area contributed by atoms with E-state index in [0.717, 1.165) is 5.56 Å². The lowest BCUT2D eigenvalue weighted by atomic mass is 10.1. The standard InChI is InChI=1S/C14H15NO3/c1-9-13(17)12(10(2)16)14(18)15(9)8-11-6-4-3-5-7-11/h3-7,9,17H,8H2,1-2H3/t9-/m1/s1. The van der Waals surface area contributed by atoms with Gasteiger partial charge in [0.15, 0.2) is 5.78 Å². The molecule has 0 unspecified atom stereocenters. The van der Waals surface area contributed by atoms with E-state index in [1.807, 2.05) is 30.3 Å². The highest BCUT2D eigenvalue weighted by atomic mass is 16.3. The predicted octanol–water partition coefficient (Wildman–Crippen LogP) is 1.82. The molecule has 2 rings (SSSR count). The fourth-order valence-corrected chi connectivity index (χ4v) is 2.11. The highest BCUT2D eigenvalue weighted by Gasteiger charge is 2.38. The van der Waals surface area contributed by atoms with Gasteiger partial charge in [-0.25, -0.2) is 0 Å². The molecule has 94 valence electrons. The zero-order valence-electron chi connectivity index (χ0n) is 10.4. The third-order valence-corrected chi connectivity index (χ3v) is 3.14. The molecule has 0 aliphatic carbocycles. The summed E-state index contributed by atoms with van der Waals surface area (Å²) in [6, 6.07) is 9.04. The molecular weight excluding hydrogens is 230 g/mol. The number of Topliss-reactive ketones (excluding diaryl/α,β-unsaturated/α-hetero) is 1. The first kappa shape index (κ1) is 12.4. The molecule has 1 aliphatic heterocycles. The minimum Gasteiger partial charge on any atom is -0.509 e. The average molecular weight is 245 g/mol. The molecule has 0 aromatic heterocycles. The molecule has 1 amide bonds. The molecule has 0 spiro atoms. The summed E-state index contributed by atoms with van der Waals surface area (Å²) in [6.07, 6.45) is 0. The van der Waals surface area contributed by atoms with E-state index in [0.29, 0.717) is 6.54 Å². The maximum absolute atomic E-state index is 12.1. The van der Waals surface area contributed by atoms with Crippen molar-refractivity contribution < 1.29 is 14.7 Å². The van der Waals surface area contributed by atoms with Crippen LogP contribution in [0.2, 0.25) is 0 Å². The topological polar surface area (TPSA) is 57.6 Å². The molecule has 0 bridgehead atoms. The van der Waals surface area contributed by atoms with Gasteiger partial charge in [-0.1, -0.05) is 30.3 Å². The lowest BCUT2D eigenvalue weighted by molar-refractivity contribution is -0.129. The van der Waals surface area contributed by atoms with Crippen LogP contribution in [-0.4, -0.2) is 27.7 Å². The summed E-state index contributed by atoms with van der Waals surface area (Å²) in [7, 11) is 0. The molecule has 0 saturated carbocycles. The lowest BCUT2D eigenvalue weighted by Gasteiger charge is -2.22. The van der Waals surface area contributed by atoms with Gasteiger partial charge in [0, 0.05) is 6.54 Å². The van der Waals surface area contributed by atoms with Crippen molar-refractivity contribution in [3.8, 4) is 0 Å². The minimum atomic E-state index is -0.448. The Hall–Kier alpha value is -2.10. The van der Waals surface area contributed by atoms with Crippen molar-refractivity contribution in [2.75, 3.05) is 0 Å². The Morgan fingerprint density at radius 2 is 1.94 bits per heavy atom. The lowest BCUT2D eigenvalue weighted by Crippen LogP contribution is -2.33. The zero-order valence-corrected chi connectivity index (χ0v) is 10.4. The van der Waals surface area contributed by atoms with E-state index in [1.54, 1.807) is 6.92 Å². The van der Waals surface area contributed by atoms with Gasteiger partial charge < -0.3 is 10.0 Å². The van der Waals surface area contributed by atoms with E-state index < -0.39 is 11.9 Å². The molecule has 4 nitrogen and oxygen atoms in total. The van der Waals surface area contributed by atoms with Crippen LogP contribution in [0.1, 0.15) is 19.4 Å². The van der Waals surface area contributed by atoms with Crippen LogP contribution in [0, 0.1) is 0 Å². The van der Waals surface area contributed by atoms with Crippen LogP contribution in [0.15, 0.2) is 41.7 Å². The Morgan fingerprint density at radius 1 is 1.33 bits per heavy atom. The van der Waals surface area contributed by atoms with E-state index in [1.165, 1.54) is 11.8 Å². The Bertz CT molecular complexity index is 519. The van der Waals surface area contributed by atoms with Gasteiger partial charge in [0.25, 0.3) is 5.91 Å². The quantitative estimate of drug-likeness (QED) is 0.826. The fourth-order valence-electron chi connectivity index (χ4n) is 2.11. The van der Waals surface area contributed by atoms with Crippen LogP contribution in [0.5, 0.6) is 0 Å². The molecule has 4 heteroatoms. The van der Waals surface area contributed by atoms with Crippen LogP contribution < -0.4 is 0 Å². The first-order chi connectivity index (χ1) is 8.52. The zero-order chi connectivity index (χ0) is 13.3. The summed E-state index contributed by atoms with van der Waals surface area (Å²) in [5.74, 6) is -0.903. The van der Waals surface area contributed by atoms with Gasteiger partial charge in [-0.3, -0.25) is 9.59 Å². The number of carbonyl (C=O) groups is 2. The SMILES string of the molecule is CC(=O)C1=C(O)[C@@H](C)N(Cc2ccccc2)C1=O. The summed E-state index contributed by atoms with van der Waals surface area (Å²) in [6.45, 7) is 3.40. The molecule has 1 aromatic rings. The normalized spacial score (nSPS) is 19.6. The molecule has 1 aliphatic rings. The first-order valence-corrected chi connectivity index (χ1v) is 5.81.